The minimum absolute atomic E-state index is 0.173. The normalized spacial score (nSPS) is 17.5. The van der Waals surface area contributed by atoms with Crippen molar-refractivity contribution in [3.8, 4) is 0 Å². The summed E-state index contributed by atoms with van der Waals surface area (Å²) in [5.41, 5.74) is 1.66. The summed E-state index contributed by atoms with van der Waals surface area (Å²) in [5.74, 6) is -0.544. The zero-order chi connectivity index (χ0) is 18.3. The van der Waals surface area contributed by atoms with Gasteiger partial charge < -0.3 is 15.3 Å². The number of carbonyl (C=O) groups excluding carboxylic acids is 2. The fourth-order valence-corrected chi connectivity index (χ4v) is 3.14. The standard InChI is InChI=1S/C18H19ClN4O3/c19-12-3-1-11(2-4-12)16(24)18(26)22-7-8-23-14(10-22)9-15(21-23)17(25)20-13-5-6-13/h1-4,9,13,16,24H,5-8,10H2,(H,20,25)/t16-/m1/s1. The lowest BCUT2D eigenvalue weighted by Crippen LogP contribution is -2.41. The zero-order valence-corrected chi connectivity index (χ0v) is 14.8. The van der Waals surface area contributed by atoms with Crippen LogP contribution in [-0.4, -0.2) is 44.2 Å². The predicted octanol–water partition coefficient (Wildman–Crippen LogP) is 1.50. The molecule has 0 radical (unpaired) electrons. The van der Waals surface area contributed by atoms with E-state index in [1.54, 1.807) is 39.9 Å². The molecule has 2 amide bonds. The molecule has 2 heterocycles. The molecule has 8 heteroatoms. The molecule has 0 bridgehead atoms. The van der Waals surface area contributed by atoms with E-state index in [2.05, 4.69) is 10.4 Å². The molecular formula is C18H19ClN4O3. The minimum Gasteiger partial charge on any atom is -0.378 e. The Morgan fingerprint density at radius 1 is 1.23 bits per heavy atom. The van der Waals surface area contributed by atoms with E-state index < -0.39 is 6.10 Å². The Labute approximate surface area is 155 Å². The largest absolute Gasteiger partial charge is 0.378 e. The quantitative estimate of drug-likeness (QED) is 0.849. The number of aliphatic hydroxyl groups excluding tert-OH is 1. The van der Waals surface area contributed by atoms with Gasteiger partial charge in [0, 0.05) is 17.6 Å². The van der Waals surface area contributed by atoms with Gasteiger partial charge in [-0.25, -0.2) is 0 Å². The zero-order valence-electron chi connectivity index (χ0n) is 14.1. The van der Waals surface area contributed by atoms with E-state index in [0.717, 1.165) is 18.5 Å². The first-order valence-corrected chi connectivity index (χ1v) is 8.99. The van der Waals surface area contributed by atoms with Crippen molar-refractivity contribution in [2.75, 3.05) is 6.54 Å². The lowest BCUT2D eigenvalue weighted by molar-refractivity contribution is -0.142. The maximum Gasteiger partial charge on any atom is 0.272 e. The number of benzene rings is 1. The summed E-state index contributed by atoms with van der Waals surface area (Å²) in [5, 5.41) is 18.1. The number of nitrogens with zero attached hydrogens (tertiary/aromatic N) is 3. The minimum atomic E-state index is -1.24. The van der Waals surface area contributed by atoms with Crippen LogP contribution in [0.1, 0.15) is 40.7 Å². The molecule has 2 N–H and O–H groups in total. The first-order chi connectivity index (χ1) is 12.5. The van der Waals surface area contributed by atoms with Gasteiger partial charge in [-0.2, -0.15) is 5.10 Å². The maximum absolute atomic E-state index is 12.6. The van der Waals surface area contributed by atoms with Crippen molar-refractivity contribution < 1.29 is 14.7 Å². The molecule has 1 atom stereocenters. The third-order valence-corrected chi connectivity index (χ3v) is 4.93. The number of halogens is 1. The van der Waals surface area contributed by atoms with E-state index in [1.807, 2.05) is 0 Å². The molecule has 2 aromatic rings. The first kappa shape index (κ1) is 17.1. The van der Waals surface area contributed by atoms with E-state index in [0.29, 0.717) is 35.9 Å². The smallest absolute Gasteiger partial charge is 0.272 e. The van der Waals surface area contributed by atoms with Gasteiger partial charge in [0.05, 0.1) is 18.8 Å². The van der Waals surface area contributed by atoms with Crippen LogP contribution in [0.15, 0.2) is 30.3 Å². The number of amides is 2. The monoisotopic (exact) mass is 374 g/mol. The van der Waals surface area contributed by atoms with Gasteiger partial charge >= 0.3 is 0 Å². The third kappa shape index (κ3) is 3.45. The van der Waals surface area contributed by atoms with Gasteiger partial charge in [0.15, 0.2) is 11.8 Å². The molecule has 4 rings (SSSR count). The number of fused-ring (bicyclic) bond motifs is 1. The summed E-state index contributed by atoms with van der Waals surface area (Å²) in [6, 6.07) is 8.55. The van der Waals surface area contributed by atoms with E-state index in [9.17, 15) is 14.7 Å². The van der Waals surface area contributed by atoms with Crippen LogP contribution in [0, 0.1) is 0 Å². The summed E-state index contributed by atoms with van der Waals surface area (Å²) < 4.78 is 1.75. The summed E-state index contributed by atoms with van der Waals surface area (Å²) in [7, 11) is 0. The van der Waals surface area contributed by atoms with Gasteiger partial charge in [-0.3, -0.25) is 14.3 Å². The van der Waals surface area contributed by atoms with Crippen LogP contribution < -0.4 is 5.32 Å². The average Bonchev–Trinajstić information content (AvgIpc) is 3.35. The van der Waals surface area contributed by atoms with Gasteiger partial charge in [-0.1, -0.05) is 23.7 Å². The molecule has 1 fully saturated rings. The van der Waals surface area contributed by atoms with E-state index in [-0.39, 0.29) is 17.9 Å². The van der Waals surface area contributed by atoms with Crippen molar-refractivity contribution in [1.29, 1.82) is 0 Å². The summed E-state index contributed by atoms with van der Waals surface area (Å²) in [6.45, 7) is 1.24. The Morgan fingerprint density at radius 3 is 2.65 bits per heavy atom. The van der Waals surface area contributed by atoms with Crippen molar-refractivity contribution in [2.45, 2.75) is 38.1 Å². The van der Waals surface area contributed by atoms with Crippen LogP contribution in [-0.2, 0) is 17.9 Å². The number of hydrogen-bond acceptors (Lipinski definition) is 4. The molecule has 1 aliphatic carbocycles. The predicted molar refractivity (Wildman–Crippen MR) is 94.5 cm³/mol. The van der Waals surface area contributed by atoms with Gasteiger partial charge in [-0.05, 0) is 36.6 Å². The van der Waals surface area contributed by atoms with Gasteiger partial charge in [0.2, 0.25) is 0 Å². The molecule has 1 aliphatic heterocycles. The van der Waals surface area contributed by atoms with Gasteiger partial charge in [-0.15, -0.1) is 0 Å². The molecule has 2 aliphatic rings. The maximum atomic E-state index is 12.6. The highest BCUT2D eigenvalue weighted by molar-refractivity contribution is 6.30. The number of aromatic nitrogens is 2. The van der Waals surface area contributed by atoms with Crippen LogP contribution in [0.2, 0.25) is 5.02 Å². The number of nitrogens with one attached hydrogen (secondary N) is 1. The lowest BCUT2D eigenvalue weighted by Gasteiger charge is -2.29. The Kier molecular flexibility index (Phi) is 4.42. The average molecular weight is 375 g/mol. The first-order valence-electron chi connectivity index (χ1n) is 8.61. The summed E-state index contributed by atoms with van der Waals surface area (Å²) >= 11 is 5.84. The van der Waals surface area contributed by atoms with Gasteiger partial charge in [0.25, 0.3) is 11.8 Å². The molecule has 0 unspecified atom stereocenters. The molecular weight excluding hydrogens is 356 g/mol. The fourth-order valence-electron chi connectivity index (χ4n) is 3.01. The Bertz CT molecular complexity index is 845. The molecule has 26 heavy (non-hydrogen) atoms. The second kappa shape index (κ2) is 6.74. The van der Waals surface area contributed by atoms with Gasteiger partial charge in [0.1, 0.15) is 0 Å². The van der Waals surface area contributed by atoms with Crippen molar-refractivity contribution in [2.24, 2.45) is 0 Å². The Hall–Kier alpha value is -2.38. The molecule has 0 spiro atoms. The number of aliphatic hydroxyl groups is 1. The van der Waals surface area contributed by atoms with Crippen molar-refractivity contribution >= 4 is 23.4 Å². The van der Waals surface area contributed by atoms with Crippen LogP contribution in [0.3, 0.4) is 0 Å². The number of carbonyl (C=O) groups is 2. The number of hydrogen-bond donors (Lipinski definition) is 2. The van der Waals surface area contributed by atoms with Crippen molar-refractivity contribution in [1.82, 2.24) is 20.0 Å². The van der Waals surface area contributed by atoms with Crippen molar-refractivity contribution in [3.05, 3.63) is 52.3 Å². The van der Waals surface area contributed by atoms with E-state index in [1.165, 1.54) is 0 Å². The second-order valence-corrected chi connectivity index (χ2v) is 7.14. The number of rotatable bonds is 4. The highest BCUT2D eigenvalue weighted by Crippen LogP contribution is 2.23. The van der Waals surface area contributed by atoms with Crippen LogP contribution in [0.4, 0.5) is 0 Å². The summed E-state index contributed by atoms with van der Waals surface area (Å²) in [4.78, 5) is 26.3. The van der Waals surface area contributed by atoms with Crippen LogP contribution in [0.25, 0.3) is 0 Å². The van der Waals surface area contributed by atoms with E-state index in [4.69, 9.17) is 11.6 Å². The fraction of sp³-hybridized carbons (Fsp3) is 0.389. The third-order valence-electron chi connectivity index (χ3n) is 4.67. The SMILES string of the molecule is O=C(NC1CC1)c1cc2n(n1)CCN(C(=O)[C@H](O)c1ccc(Cl)cc1)C2. The lowest BCUT2D eigenvalue weighted by atomic mass is 10.1. The molecule has 1 aromatic carbocycles. The molecule has 1 saturated carbocycles. The van der Waals surface area contributed by atoms with Crippen LogP contribution in [0.5, 0.6) is 0 Å². The molecule has 1 aromatic heterocycles. The van der Waals surface area contributed by atoms with E-state index >= 15 is 0 Å². The highest BCUT2D eigenvalue weighted by atomic mass is 35.5. The highest BCUT2D eigenvalue weighted by Gasteiger charge is 2.30. The topological polar surface area (TPSA) is 87.5 Å². The van der Waals surface area contributed by atoms with Crippen molar-refractivity contribution in [3.63, 3.8) is 0 Å². The summed E-state index contributed by atoms with van der Waals surface area (Å²) in [6.07, 6.45) is 0.799. The Balaban J connectivity index is 1.45. The molecule has 0 saturated heterocycles. The second-order valence-electron chi connectivity index (χ2n) is 6.71. The molecule has 136 valence electrons. The molecule has 7 nitrogen and oxygen atoms in total. The Morgan fingerprint density at radius 2 is 1.96 bits per heavy atom. The van der Waals surface area contributed by atoms with Crippen LogP contribution >= 0.6 is 11.6 Å².